The highest BCUT2D eigenvalue weighted by molar-refractivity contribution is 6.42. The molecule has 0 aliphatic carbocycles. The van der Waals surface area contributed by atoms with E-state index in [2.05, 4.69) is 10.3 Å². The lowest BCUT2D eigenvalue weighted by atomic mass is 10.3. The fraction of sp³-hybridized carbons (Fsp3) is 0.200. The summed E-state index contributed by atoms with van der Waals surface area (Å²) in [6, 6.07) is 10.5. The van der Waals surface area contributed by atoms with Gasteiger partial charge in [0, 0.05) is 30.9 Å². The molecule has 1 amide bonds. The van der Waals surface area contributed by atoms with Gasteiger partial charge in [-0.1, -0.05) is 29.3 Å². The first-order valence-corrected chi connectivity index (χ1v) is 7.15. The average molecular weight is 325 g/mol. The molecule has 0 radical (unpaired) electrons. The smallest absolute Gasteiger partial charge is 0.257 e. The van der Waals surface area contributed by atoms with Gasteiger partial charge in [-0.25, -0.2) is 0 Å². The summed E-state index contributed by atoms with van der Waals surface area (Å²) in [4.78, 5) is 15.8. The van der Waals surface area contributed by atoms with Crippen LogP contribution in [0, 0.1) is 0 Å². The van der Waals surface area contributed by atoms with Gasteiger partial charge in [-0.15, -0.1) is 0 Å². The molecule has 2 rings (SSSR count). The second-order valence-electron chi connectivity index (χ2n) is 4.29. The maximum Gasteiger partial charge on any atom is 0.257 e. The minimum atomic E-state index is -0.197. The van der Waals surface area contributed by atoms with Crippen molar-refractivity contribution in [3.05, 3.63) is 58.3 Å². The van der Waals surface area contributed by atoms with Crippen molar-refractivity contribution in [3.63, 3.8) is 0 Å². The Kier molecular flexibility index (Phi) is 5.84. The van der Waals surface area contributed by atoms with Crippen molar-refractivity contribution in [2.45, 2.75) is 6.42 Å². The Labute approximate surface area is 133 Å². The molecule has 1 aromatic carbocycles. The van der Waals surface area contributed by atoms with Crippen LogP contribution in [0.3, 0.4) is 0 Å². The first-order valence-electron chi connectivity index (χ1n) is 6.39. The Hall–Kier alpha value is -1.78. The Bertz CT molecular complexity index is 606. The van der Waals surface area contributed by atoms with E-state index in [1.54, 1.807) is 24.4 Å². The van der Waals surface area contributed by atoms with E-state index >= 15 is 0 Å². The molecule has 0 aliphatic rings. The molecule has 6 heteroatoms. The van der Waals surface area contributed by atoms with Crippen molar-refractivity contribution in [3.8, 4) is 5.75 Å². The van der Waals surface area contributed by atoms with Crippen LogP contribution < -0.4 is 10.1 Å². The third-order valence-electron chi connectivity index (χ3n) is 2.69. The van der Waals surface area contributed by atoms with Crippen molar-refractivity contribution in [1.82, 2.24) is 10.3 Å². The Morgan fingerprint density at radius 3 is 2.76 bits per heavy atom. The van der Waals surface area contributed by atoms with Crippen LogP contribution in [0.25, 0.3) is 0 Å². The van der Waals surface area contributed by atoms with Gasteiger partial charge in [0.15, 0.2) is 6.61 Å². The van der Waals surface area contributed by atoms with Crippen LogP contribution in [0.2, 0.25) is 10.0 Å². The first-order chi connectivity index (χ1) is 10.1. The number of carbonyl (C=O) groups excluding carboxylic acids is 1. The number of benzene rings is 1. The molecule has 0 bridgehead atoms. The highest BCUT2D eigenvalue weighted by atomic mass is 35.5. The number of amides is 1. The SMILES string of the molecule is O=C(COc1ccc(Cl)c(Cl)c1)NCCc1ccccn1. The highest BCUT2D eigenvalue weighted by Gasteiger charge is 2.04. The summed E-state index contributed by atoms with van der Waals surface area (Å²) >= 11 is 11.7. The summed E-state index contributed by atoms with van der Waals surface area (Å²) in [6.07, 6.45) is 2.41. The van der Waals surface area contributed by atoms with Gasteiger partial charge in [0.2, 0.25) is 0 Å². The van der Waals surface area contributed by atoms with E-state index in [-0.39, 0.29) is 12.5 Å². The minimum absolute atomic E-state index is 0.0693. The van der Waals surface area contributed by atoms with E-state index < -0.39 is 0 Å². The van der Waals surface area contributed by atoms with E-state index in [1.807, 2.05) is 18.2 Å². The number of ether oxygens (including phenoxy) is 1. The quantitative estimate of drug-likeness (QED) is 0.888. The standard InChI is InChI=1S/C15H14Cl2N2O2/c16-13-5-4-12(9-14(13)17)21-10-15(20)19-8-6-11-3-1-2-7-18-11/h1-5,7,9H,6,8,10H2,(H,19,20). The van der Waals surface area contributed by atoms with E-state index in [0.717, 1.165) is 5.69 Å². The third kappa shape index (κ3) is 5.25. The number of aromatic nitrogens is 1. The summed E-state index contributed by atoms with van der Waals surface area (Å²) in [5.41, 5.74) is 0.934. The zero-order valence-corrected chi connectivity index (χ0v) is 12.7. The normalized spacial score (nSPS) is 10.2. The molecule has 0 atom stereocenters. The zero-order chi connectivity index (χ0) is 15.1. The van der Waals surface area contributed by atoms with Crippen LogP contribution in [0.4, 0.5) is 0 Å². The molecule has 0 aliphatic heterocycles. The van der Waals surface area contributed by atoms with Crippen molar-refractivity contribution < 1.29 is 9.53 Å². The van der Waals surface area contributed by atoms with Gasteiger partial charge in [-0.3, -0.25) is 9.78 Å². The molecule has 0 unspecified atom stereocenters. The summed E-state index contributed by atoms with van der Waals surface area (Å²) in [5.74, 6) is 0.307. The number of nitrogens with zero attached hydrogens (tertiary/aromatic N) is 1. The maximum atomic E-state index is 11.6. The second-order valence-corrected chi connectivity index (χ2v) is 5.10. The number of hydrogen-bond donors (Lipinski definition) is 1. The highest BCUT2D eigenvalue weighted by Crippen LogP contribution is 2.26. The number of pyridine rings is 1. The lowest BCUT2D eigenvalue weighted by molar-refractivity contribution is -0.123. The fourth-order valence-electron chi connectivity index (χ4n) is 1.64. The van der Waals surface area contributed by atoms with Crippen molar-refractivity contribution in [2.75, 3.05) is 13.2 Å². The molecule has 21 heavy (non-hydrogen) atoms. The predicted molar refractivity (Wildman–Crippen MR) is 82.9 cm³/mol. The van der Waals surface area contributed by atoms with Crippen LogP contribution >= 0.6 is 23.2 Å². The topological polar surface area (TPSA) is 51.2 Å². The fourth-order valence-corrected chi connectivity index (χ4v) is 1.93. The molecule has 1 heterocycles. The number of nitrogens with one attached hydrogen (secondary N) is 1. The van der Waals surface area contributed by atoms with Crippen molar-refractivity contribution >= 4 is 29.1 Å². The monoisotopic (exact) mass is 324 g/mol. The Morgan fingerprint density at radius 1 is 1.19 bits per heavy atom. The molecule has 2 aromatic rings. The number of rotatable bonds is 6. The second kappa shape index (κ2) is 7.86. The van der Waals surface area contributed by atoms with E-state index in [4.69, 9.17) is 27.9 Å². The van der Waals surface area contributed by atoms with E-state index in [0.29, 0.717) is 28.8 Å². The molecule has 0 saturated carbocycles. The van der Waals surface area contributed by atoms with Gasteiger partial charge < -0.3 is 10.1 Å². The average Bonchev–Trinajstić information content (AvgIpc) is 2.49. The summed E-state index contributed by atoms with van der Waals surface area (Å²) < 4.78 is 5.34. The van der Waals surface area contributed by atoms with Crippen molar-refractivity contribution in [1.29, 1.82) is 0 Å². The van der Waals surface area contributed by atoms with Crippen LogP contribution in [0.5, 0.6) is 5.75 Å². The minimum Gasteiger partial charge on any atom is -0.484 e. The molecular formula is C15H14Cl2N2O2. The molecule has 0 saturated heterocycles. The molecule has 1 aromatic heterocycles. The first kappa shape index (κ1) is 15.6. The predicted octanol–water partition coefficient (Wildman–Crippen LogP) is 3.13. The lowest BCUT2D eigenvalue weighted by Crippen LogP contribution is -2.30. The van der Waals surface area contributed by atoms with E-state index in [1.165, 1.54) is 0 Å². The van der Waals surface area contributed by atoms with Crippen LogP contribution in [-0.4, -0.2) is 24.0 Å². The van der Waals surface area contributed by atoms with Gasteiger partial charge in [0.05, 0.1) is 10.0 Å². The molecule has 0 fully saturated rings. The van der Waals surface area contributed by atoms with Gasteiger partial charge in [0.25, 0.3) is 5.91 Å². The molecule has 1 N–H and O–H groups in total. The Morgan fingerprint density at radius 2 is 2.05 bits per heavy atom. The van der Waals surface area contributed by atoms with Gasteiger partial charge in [-0.2, -0.15) is 0 Å². The number of carbonyl (C=O) groups is 1. The lowest BCUT2D eigenvalue weighted by Gasteiger charge is -2.08. The van der Waals surface area contributed by atoms with Gasteiger partial charge in [-0.05, 0) is 24.3 Å². The van der Waals surface area contributed by atoms with Crippen LogP contribution in [0.1, 0.15) is 5.69 Å². The van der Waals surface area contributed by atoms with Crippen molar-refractivity contribution in [2.24, 2.45) is 0 Å². The summed E-state index contributed by atoms with van der Waals surface area (Å²) in [5, 5.41) is 3.61. The number of hydrogen-bond acceptors (Lipinski definition) is 3. The van der Waals surface area contributed by atoms with E-state index in [9.17, 15) is 4.79 Å². The zero-order valence-electron chi connectivity index (χ0n) is 11.2. The molecule has 4 nitrogen and oxygen atoms in total. The molecule has 110 valence electrons. The maximum absolute atomic E-state index is 11.6. The van der Waals surface area contributed by atoms with Crippen LogP contribution in [0.15, 0.2) is 42.6 Å². The molecular weight excluding hydrogens is 311 g/mol. The van der Waals surface area contributed by atoms with Gasteiger partial charge in [0.1, 0.15) is 5.75 Å². The summed E-state index contributed by atoms with van der Waals surface area (Å²) in [7, 11) is 0. The van der Waals surface area contributed by atoms with Gasteiger partial charge >= 0.3 is 0 Å². The molecule has 0 spiro atoms. The third-order valence-corrected chi connectivity index (χ3v) is 3.43. The number of halogens is 2. The largest absolute Gasteiger partial charge is 0.484 e. The Balaban J connectivity index is 1.71. The van der Waals surface area contributed by atoms with Crippen LogP contribution in [-0.2, 0) is 11.2 Å². The summed E-state index contributed by atoms with van der Waals surface area (Å²) in [6.45, 7) is 0.445.